The molecule has 0 saturated carbocycles. The summed E-state index contributed by atoms with van der Waals surface area (Å²) in [5, 5.41) is 42.7. The number of fused-ring (bicyclic) bond motifs is 5. The van der Waals surface area contributed by atoms with Gasteiger partial charge in [0.2, 0.25) is 5.91 Å². The average molecular weight is 1390 g/mol. The standard InChI is InChI=1S/C16H14N4O4.C16H16N4O2.C14H10N4O.C10H10BrNO4.C7H6N2.2C2H6O.CH4/c1-2-24-15(21)8-12-7-13(3-4-14(12)20(22)23)19-6-5-11-9-17-10-18-16(11)19;1-2-22-15(21)8-12-7-13(3-4-14(12)17)20-6-5-11-9-18-10-19-16(11)20;19-13-6-10-5-11(1-2-12(10)17-13)18-4-3-9-7-15-8-16-14(9)18;1-2-16-10(13)6-7-5-8(11)3-4-9(7)12(14)15;1-2-6-4-8-5-9-7(6)3-1;2*1-2-3;/h3-7,9-10H,2,8H2,1H3;3-7,9-10H,2,8,17H2,1H3;1-5,7-8H,6H2,(H,17,19);3-5H,2,6H2,1H3;1-2,4-5H,3H2;2*3H,2H2,1H3;1H4. The van der Waals surface area contributed by atoms with Crippen molar-refractivity contribution in [3.05, 3.63) is 224 Å². The highest BCUT2D eigenvalue weighted by Gasteiger charge is 2.22. The fraction of sp³-hybridized carbons (Fsp3) is 0.235. The SMILES string of the molecule is C.C1=Cc2cncnc2C1.CCO.CCO.CCOC(=O)Cc1cc(-n2ccc3cncnc32)ccc1N.CCOC(=O)Cc1cc(-n2ccc3cncnc32)ccc1[N+](=O)[O-].CCOC(=O)Cc1cc(Br)ccc1[N+](=O)[O-].O=C1Cc2cc(-n3ccc4cncnc43)ccc2N1. The lowest BCUT2D eigenvalue weighted by molar-refractivity contribution is -0.385. The van der Waals surface area contributed by atoms with Gasteiger partial charge in [-0.25, -0.2) is 39.9 Å². The Kier molecular flexibility index (Phi) is 28.7. The minimum Gasteiger partial charge on any atom is -0.466 e. The molecule has 29 heteroatoms. The van der Waals surface area contributed by atoms with Crippen LogP contribution in [0, 0.1) is 20.2 Å². The summed E-state index contributed by atoms with van der Waals surface area (Å²) < 4.78 is 21.0. The lowest BCUT2D eigenvalue weighted by atomic mass is 10.1. The quantitative estimate of drug-likeness (QED) is 0.0258. The highest BCUT2D eigenvalue weighted by Crippen LogP contribution is 2.30. The molecule has 0 spiro atoms. The van der Waals surface area contributed by atoms with Crippen LogP contribution in [0.3, 0.4) is 0 Å². The number of aliphatic hydroxyl groups excluding tert-OH is 2. The van der Waals surface area contributed by atoms with Crippen molar-refractivity contribution < 1.29 is 53.4 Å². The van der Waals surface area contributed by atoms with E-state index in [1.54, 1.807) is 101 Å². The van der Waals surface area contributed by atoms with Crippen molar-refractivity contribution in [3.63, 3.8) is 0 Å². The third-order valence-electron chi connectivity index (χ3n) is 13.6. The zero-order chi connectivity index (χ0) is 69.1. The first-order chi connectivity index (χ1) is 46.4. The number of hydrogen-bond acceptors (Lipinski definition) is 22. The number of amides is 1. The average Bonchev–Trinajstić information content (AvgIpc) is 1.71. The Morgan fingerprint density at radius 3 is 1.46 bits per heavy atom. The number of rotatable bonds is 14. The Morgan fingerprint density at radius 2 is 0.990 bits per heavy atom. The molecule has 11 aromatic rings. The Bertz CT molecular complexity index is 4530. The monoisotopic (exact) mass is 1390 g/mol. The normalized spacial score (nSPS) is 11.0. The van der Waals surface area contributed by atoms with Crippen LogP contribution in [-0.4, -0.2) is 130 Å². The highest BCUT2D eigenvalue weighted by molar-refractivity contribution is 9.10. The number of nitrogens with zero attached hydrogens (tertiary/aromatic N) is 13. The number of nitrogens with one attached hydrogen (secondary N) is 1. The van der Waals surface area contributed by atoms with E-state index in [9.17, 15) is 39.4 Å². The van der Waals surface area contributed by atoms with Gasteiger partial charge in [0.15, 0.2) is 0 Å². The third-order valence-corrected chi connectivity index (χ3v) is 14.1. The third kappa shape index (κ3) is 20.7. The van der Waals surface area contributed by atoms with Crippen LogP contribution in [-0.2, 0) is 65.5 Å². The molecule has 0 unspecified atom stereocenters. The Labute approximate surface area is 565 Å². The molecular weight excluding hydrogens is 1310 g/mol. The molecule has 13 rings (SSSR count). The van der Waals surface area contributed by atoms with Crippen molar-refractivity contribution in [2.45, 2.75) is 74.1 Å². The number of aliphatic hydroxyl groups is 2. The van der Waals surface area contributed by atoms with Crippen molar-refractivity contribution in [2.24, 2.45) is 0 Å². The highest BCUT2D eigenvalue weighted by atomic mass is 79.9. The number of anilines is 2. The number of carbonyl (C=O) groups is 4. The topological polar surface area (TPSA) is 379 Å². The number of nitro groups is 2. The molecular formula is C68H72BrN15O13. The van der Waals surface area contributed by atoms with E-state index in [-0.39, 0.29) is 76.4 Å². The second kappa shape index (κ2) is 37.4. The number of halogens is 1. The molecule has 0 saturated heterocycles. The summed E-state index contributed by atoms with van der Waals surface area (Å²) >= 11 is 3.20. The van der Waals surface area contributed by atoms with E-state index >= 15 is 0 Å². The molecule has 0 bridgehead atoms. The van der Waals surface area contributed by atoms with Crippen LogP contribution in [0.4, 0.5) is 22.7 Å². The van der Waals surface area contributed by atoms with Gasteiger partial charge in [0.25, 0.3) is 11.4 Å². The number of allylic oxidation sites excluding steroid dienone is 1. The van der Waals surface area contributed by atoms with Crippen molar-refractivity contribution >= 4 is 102 Å². The van der Waals surface area contributed by atoms with Gasteiger partial charge in [0.1, 0.15) is 42.3 Å². The van der Waals surface area contributed by atoms with Crippen molar-refractivity contribution in [3.8, 4) is 17.1 Å². The van der Waals surface area contributed by atoms with Crippen molar-refractivity contribution in [1.29, 1.82) is 0 Å². The number of carbonyl (C=O) groups excluding carboxylic acids is 4. The Balaban J connectivity index is 0.000000191. The first-order valence-electron chi connectivity index (χ1n) is 29.9. The van der Waals surface area contributed by atoms with Crippen molar-refractivity contribution in [1.82, 2.24) is 53.6 Å². The lowest BCUT2D eigenvalue weighted by Crippen LogP contribution is -2.10. The van der Waals surface area contributed by atoms with Gasteiger partial charge < -0.3 is 49.2 Å². The van der Waals surface area contributed by atoms with Gasteiger partial charge in [0.05, 0.1) is 61.0 Å². The second-order valence-electron chi connectivity index (χ2n) is 20.1. The number of hydrogen-bond donors (Lipinski definition) is 4. The predicted octanol–water partition coefficient (Wildman–Crippen LogP) is 10.6. The maximum absolute atomic E-state index is 11.7. The predicted molar refractivity (Wildman–Crippen MR) is 369 cm³/mol. The summed E-state index contributed by atoms with van der Waals surface area (Å²) in [4.78, 5) is 99.7. The van der Waals surface area contributed by atoms with Crippen LogP contribution in [0.25, 0.3) is 56.2 Å². The van der Waals surface area contributed by atoms with E-state index in [1.807, 2.05) is 76.3 Å². The zero-order valence-corrected chi connectivity index (χ0v) is 54.5. The van der Waals surface area contributed by atoms with Gasteiger partial charge in [-0.15, -0.1) is 0 Å². The van der Waals surface area contributed by atoms with Gasteiger partial charge in [-0.2, -0.15) is 0 Å². The van der Waals surface area contributed by atoms with Crippen molar-refractivity contribution in [2.75, 3.05) is 44.1 Å². The van der Waals surface area contributed by atoms with Crippen LogP contribution in [0.15, 0.2) is 170 Å². The van der Waals surface area contributed by atoms with Gasteiger partial charge in [0, 0.05) is 141 Å². The number of aromatic nitrogens is 11. The molecule has 2 aliphatic rings. The van der Waals surface area contributed by atoms with E-state index in [0.29, 0.717) is 45.6 Å². The van der Waals surface area contributed by atoms with Gasteiger partial charge in [-0.05, 0) is 125 Å². The maximum Gasteiger partial charge on any atom is 0.310 e. The fourth-order valence-electron chi connectivity index (χ4n) is 9.51. The van der Waals surface area contributed by atoms with Gasteiger partial charge in [-0.1, -0.05) is 35.5 Å². The first kappa shape index (κ1) is 74.5. The Hall–Kier alpha value is -11.6. The molecule has 0 atom stereocenters. The number of nitrogens with two attached hydrogens (primary N) is 1. The summed E-state index contributed by atoms with van der Waals surface area (Å²) in [7, 11) is 0. The molecule has 97 heavy (non-hydrogen) atoms. The van der Waals surface area contributed by atoms with E-state index in [4.69, 9.17) is 30.2 Å². The minimum absolute atomic E-state index is 0. The summed E-state index contributed by atoms with van der Waals surface area (Å²) in [6, 6.07) is 26.4. The van der Waals surface area contributed by atoms with E-state index in [1.165, 1.54) is 31.1 Å². The van der Waals surface area contributed by atoms with E-state index in [0.717, 1.165) is 73.3 Å². The largest absolute Gasteiger partial charge is 0.466 e. The zero-order valence-electron chi connectivity index (χ0n) is 52.9. The molecule has 0 fully saturated rings. The number of nitro benzene ring substituents is 2. The van der Waals surface area contributed by atoms with E-state index in [2.05, 4.69) is 73.3 Å². The number of ether oxygens (including phenoxy) is 3. The molecule has 1 amide bonds. The first-order valence-corrected chi connectivity index (χ1v) is 30.7. The number of esters is 3. The van der Waals surface area contributed by atoms with Crippen LogP contribution in [0.1, 0.15) is 75.6 Å². The smallest absolute Gasteiger partial charge is 0.310 e. The number of nitrogen functional groups attached to an aromatic ring is 1. The summed E-state index contributed by atoms with van der Waals surface area (Å²) in [6.45, 7) is 9.87. The van der Waals surface area contributed by atoms with Crippen LogP contribution in [0.2, 0.25) is 0 Å². The minimum atomic E-state index is -0.513. The molecule has 1 aliphatic carbocycles. The van der Waals surface area contributed by atoms with Gasteiger partial charge >= 0.3 is 17.9 Å². The molecule has 0 radical (unpaired) electrons. The molecule has 1 aliphatic heterocycles. The molecule has 28 nitrogen and oxygen atoms in total. The molecule has 504 valence electrons. The Morgan fingerprint density at radius 1 is 0.577 bits per heavy atom. The van der Waals surface area contributed by atoms with Gasteiger partial charge in [-0.3, -0.25) is 39.4 Å². The van der Waals surface area contributed by atoms with Crippen LogP contribution >= 0.6 is 15.9 Å². The maximum atomic E-state index is 11.7. The van der Waals surface area contributed by atoms with Crippen LogP contribution < -0.4 is 11.1 Å². The molecule has 7 aromatic heterocycles. The molecule has 4 aromatic carbocycles. The molecule has 8 heterocycles. The molecule has 5 N–H and O–H groups in total. The van der Waals surface area contributed by atoms with Crippen LogP contribution in [0.5, 0.6) is 0 Å². The fourth-order valence-corrected chi connectivity index (χ4v) is 9.92. The summed E-state index contributed by atoms with van der Waals surface area (Å²) in [6.07, 6.45) is 24.3. The lowest BCUT2D eigenvalue weighted by Gasteiger charge is -2.10. The second-order valence-corrected chi connectivity index (χ2v) is 21.0. The van der Waals surface area contributed by atoms with E-state index < -0.39 is 21.8 Å². The summed E-state index contributed by atoms with van der Waals surface area (Å²) in [5.74, 6) is -1.21. The number of benzene rings is 4. The summed E-state index contributed by atoms with van der Waals surface area (Å²) in [5.41, 5.74) is 16.9.